The van der Waals surface area contributed by atoms with Gasteiger partial charge in [-0.25, -0.2) is 0 Å². The summed E-state index contributed by atoms with van der Waals surface area (Å²) in [5.41, 5.74) is 0. The van der Waals surface area contributed by atoms with Gasteiger partial charge in [-0.3, -0.25) is 4.79 Å². The zero-order valence-electron chi connectivity index (χ0n) is 3.23. The Morgan fingerprint density at radius 3 is 1.83 bits per heavy atom. The molecule has 0 rings (SSSR count). The van der Waals surface area contributed by atoms with Crippen LogP contribution in [0.15, 0.2) is 0 Å². The van der Waals surface area contributed by atoms with Gasteiger partial charge in [-0.05, 0) is 0 Å². The monoisotopic (exact) mass is 175 g/mol. The van der Waals surface area contributed by atoms with E-state index in [1.54, 1.807) is 0 Å². The Morgan fingerprint density at radius 1 is 1.83 bits per heavy atom. The van der Waals surface area contributed by atoms with Crippen LogP contribution in [0.4, 0.5) is 0 Å². The van der Waals surface area contributed by atoms with Crippen molar-refractivity contribution in [3.05, 3.63) is 0 Å². The van der Waals surface area contributed by atoms with E-state index in [4.69, 9.17) is 9.59 Å². The van der Waals surface area contributed by atoms with Gasteiger partial charge in [0.2, 0.25) is 0 Å². The summed E-state index contributed by atoms with van der Waals surface area (Å²) in [5.74, 6) is 0. The van der Waals surface area contributed by atoms with E-state index >= 15 is 0 Å². The number of hydrogen-bond acceptors (Lipinski definition) is 2. The first-order valence-electron chi connectivity index (χ1n) is 1.13. The van der Waals surface area contributed by atoms with E-state index in [2.05, 4.69) is 0 Å². The van der Waals surface area contributed by atoms with Crippen molar-refractivity contribution >= 4 is 11.2 Å². The average molecular weight is 175 g/mol. The summed E-state index contributed by atoms with van der Waals surface area (Å²) in [7, 11) is 0. The second-order valence-electron chi connectivity index (χ2n) is 0.283. The molecule has 0 heterocycles. The molecule has 0 aliphatic carbocycles. The third-order valence-corrected chi connectivity index (χ3v) is 0. The van der Waals surface area contributed by atoms with E-state index in [1.807, 2.05) is 18.3 Å². The molecule has 0 saturated carbocycles. The van der Waals surface area contributed by atoms with Crippen molar-refractivity contribution in [2.24, 2.45) is 0 Å². The molecular formula is C3H4O2Rh. The first-order valence-corrected chi connectivity index (χ1v) is 2.08. The fourth-order valence-electron chi connectivity index (χ4n) is 0. The first kappa shape index (κ1) is 9.35. The molecule has 0 fully saturated rings. The predicted molar refractivity (Wildman–Crippen MR) is 18.1 cm³/mol. The molecule has 0 atom stereocenters. The molecule has 6 heavy (non-hydrogen) atoms. The second-order valence-corrected chi connectivity index (χ2v) is 0.669. The van der Waals surface area contributed by atoms with Crippen LogP contribution in [0, 0.1) is 0 Å². The predicted octanol–water partition coefficient (Wildman–Crippen LogP) is -0.161. The van der Waals surface area contributed by atoms with Gasteiger partial charge < -0.3 is 0 Å². The number of carbonyl (C=O) groups excluding carboxylic acids is 2. The summed E-state index contributed by atoms with van der Waals surface area (Å²) < 4.78 is 0. The van der Waals surface area contributed by atoms with E-state index in [-0.39, 0.29) is 0 Å². The Labute approximate surface area is 46.6 Å². The van der Waals surface area contributed by atoms with Crippen LogP contribution in [0.25, 0.3) is 0 Å². The molecule has 0 aromatic heterocycles. The van der Waals surface area contributed by atoms with Crippen LogP contribution in [0.5, 0.6) is 0 Å². The Balaban J connectivity index is 0. The number of rotatable bonds is 0. The normalized spacial score (nSPS) is 4.50. The van der Waals surface area contributed by atoms with Crippen molar-refractivity contribution in [3.63, 3.8) is 0 Å². The maximum absolute atomic E-state index is 8.76. The Bertz CT molecular complexity index is 29.8. The van der Waals surface area contributed by atoms with E-state index in [1.165, 1.54) is 13.2 Å². The standard InChI is InChI=1S/C2H3O.CHO.Rh/c1-2-3;1-2;/h1H3;1H;. The van der Waals surface area contributed by atoms with E-state index in [0.717, 1.165) is 0 Å². The summed E-state index contributed by atoms with van der Waals surface area (Å²) in [5, 5.41) is 0. The van der Waals surface area contributed by atoms with Crippen molar-refractivity contribution in [2.45, 2.75) is 6.92 Å². The molecule has 1 radical (unpaired) electrons. The van der Waals surface area contributed by atoms with Crippen molar-refractivity contribution in [1.82, 2.24) is 0 Å². The molecule has 3 heteroatoms. The second kappa shape index (κ2) is 20.2. The summed E-state index contributed by atoms with van der Waals surface area (Å²) >= 11 is 2.04. The summed E-state index contributed by atoms with van der Waals surface area (Å²) in [6.07, 6.45) is 1.50. The Kier molecular flexibility index (Phi) is 31.5. The molecule has 0 saturated heterocycles. The van der Waals surface area contributed by atoms with E-state index in [9.17, 15) is 0 Å². The quantitative estimate of drug-likeness (QED) is 0.378. The van der Waals surface area contributed by atoms with Crippen molar-refractivity contribution in [1.29, 1.82) is 0 Å². The molecule has 0 N–H and O–H groups in total. The van der Waals surface area contributed by atoms with Gasteiger partial charge >= 0.3 is 28.0 Å². The van der Waals surface area contributed by atoms with Crippen LogP contribution < -0.4 is 0 Å². The fraction of sp³-hybridized carbons (Fsp3) is 0.333. The molecule has 0 spiro atoms. The molecular weight excluding hydrogens is 171 g/mol. The average Bonchev–Trinajstić information content (AvgIpc) is 1.39. The van der Waals surface area contributed by atoms with E-state index < -0.39 is 0 Å². The number of carbonyl (C=O) groups is 1. The molecule has 0 unspecified atom stereocenters. The minimum absolute atomic E-state index is 0.640. The molecule has 0 aromatic carbocycles. The minimum atomic E-state index is 0.640. The summed E-state index contributed by atoms with van der Waals surface area (Å²) in [6.45, 7) is 1.32. The van der Waals surface area contributed by atoms with Gasteiger partial charge in [-0.15, -0.1) is 0 Å². The SMILES string of the molecule is C[C]=O.O=[CH][Rh]. The maximum atomic E-state index is 8.76. The number of hydrogen-bond donors (Lipinski definition) is 0. The van der Waals surface area contributed by atoms with Crippen LogP contribution in [0.3, 0.4) is 0 Å². The summed E-state index contributed by atoms with van der Waals surface area (Å²) in [6, 6.07) is 0. The van der Waals surface area contributed by atoms with Crippen molar-refractivity contribution < 1.29 is 27.9 Å². The summed E-state index contributed by atoms with van der Waals surface area (Å²) in [4.78, 5) is 18.1. The zero-order chi connectivity index (χ0) is 5.41. The molecule has 37 valence electrons. The van der Waals surface area contributed by atoms with Gasteiger partial charge in [0.05, 0.1) is 0 Å². The van der Waals surface area contributed by atoms with Crippen molar-refractivity contribution in [3.8, 4) is 0 Å². The van der Waals surface area contributed by atoms with Crippen LogP contribution in [-0.4, -0.2) is 11.2 Å². The molecule has 0 aliphatic heterocycles. The van der Waals surface area contributed by atoms with Crippen LogP contribution >= 0.6 is 0 Å². The molecule has 0 aliphatic rings. The van der Waals surface area contributed by atoms with Crippen LogP contribution in [0.2, 0.25) is 0 Å². The Morgan fingerprint density at radius 2 is 1.83 bits per heavy atom. The van der Waals surface area contributed by atoms with Gasteiger partial charge in [0.15, 0.2) is 6.29 Å². The molecule has 0 aromatic rings. The first-order chi connectivity index (χ1) is 2.83. The molecule has 0 amide bonds. The van der Waals surface area contributed by atoms with Gasteiger partial charge in [0, 0.05) is 6.92 Å². The van der Waals surface area contributed by atoms with Crippen LogP contribution in [0.1, 0.15) is 6.92 Å². The van der Waals surface area contributed by atoms with Gasteiger partial charge in [0.1, 0.15) is 0 Å². The molecule has 0 bridgehead atoms. The van der Waals surface area contributed by atoms with Gasteiger partial charge in [-0.2, -0.15) is 0 Å². The Hall–Kier alpha value is -0.0366. The zero-order valence-corrected chi connectivity index (χ0v) is 4.87. The third-order valence-electron chi connectivity index (χ3n) is 0. The van der Waals surface area contributed by atoms with Crippen molar-refractivity contribution in [2.75, 3.05) is 0 Å². The van der Waals surface area contributed by atoms with Gasteiger partial charge in [0.25, 0.3) is 0 Å². The topological polar surface area (TPSA) is 34.1 Å². The van der Waals surface area contributed by atoms with E-state index in [0.29, 0.717) is 4.88 Å². The third kappa shape index (κ3) is 25900. The van der Waals surface area contributed by atoms with Crippen LogP contribution in [-0.2, 0) is 27.9 Å². The fourth-order valence-corrected chi connectivity index (χ4v) is 0. The van der Waals surface area contributed by atoms with Gasteiger partial charge in [-0.1, -0.05) is 0 Å². The molecule has 2 nitrogen and oxygen atoms in total.